The van der Waals surface area contributed by atoms with E-state index < -0.39 is 11.2 Å². The molecular formula is C22H27N3O5. The highest BCUT2D eigenvalue weighted by atomic mass is 16.5. The normalized spacial score (nSPS) is 25.8. The first-order valence-electron chi connectivity index (χ1n) is 10.2. The van der Waals surface area contributed by atoms with Crippen molar-refractivity contribution in [3.8, 4) is 11.3 Å². The van der Waals surface area contributed by atoms with Crippen molar-refractivity contribution in [2.45, 2.75) is 50.4 Å². The summed E-state index contributed by atoms with van der Waals surface area (Å²) < 4.78 is 11.4. The number of benzene rings is 1. The van der Waals surface area contributed by atoms with Crippen molar-refractivity contribution < 1.29 is 24.0 Å². The molecule has 2 N–H and O–H groups in total. The molecule has 8 heteroatoms. The Morgan fingerprint density at radius 1 is 1.23 bits per heavy atom. The van der Waals surface area contributed by atoms with Gasteiger partial charge in [0.05, 0.1) is 18.2 Å². The van der Waals surface area contributed by atoms with Gasteiger partial charge in [0.1, 0.15) is 11.3 Å². The largest absolute Gasteiger partial charge is 0.386 e. The summed E-state index contributed by atoms with van der Waals surface area (Å²) in [7, 11) is 0. The smallest absolute Gasteiger partial charge is 0.292 e. The van der Waals surface area contributed by atoms with Gasteiger partial charge in [-0.2, -0.15) is 0 Å². The van der Waals surface area contributed by atoms with Crippen LogP contribution in [0.1, 0.15) is 43.7 Å². The maximum Gasteiger partial charge on any atom is 0.292 e. The van der Waals surface area contributed by atoms with Gasteiger partial charge in [-0.05, 0) is 26.2 Å². The maximum absolute atomic E-state index is 12.9. The molecule has 3 heterocycles. The number of nitrogens with one attached hydrogen (secondary N) is 1. The molecule has 2 aliphatic rings. The van der Waals surface area contributed by atoms with Gasteiger partial charge in [-0.25, -0.2) is 0 Å². The standard InChI is InChI=1S/C22H27N3O5/c1-15(26)23-19-13-22(29-14-21(19,2)28)8-10-25(11-9-22)20(27)18-12-17(24-30-18)16-6-4-3-5-7-16/h3-7,12,19,28H,8-11,13-14H2,1-2H3,(H,23,26)/t19-,21-/m0/s1. The van der Waals surface area contributed by atoms with E-state index in [9.17, 15) is 14.7 Å². The van der Waals surface area contributed by atoms with Gasteiger partial charge >= 0.3 is 0 Å². The van der Waals surface area contributed by atoms with Gasteiger partial charge in [-0.15, -0.1) is 0 Å². The second kappa shape index (κ2) is 7.85. The molecule has 2 aromatic rings. The van der Waals surface area contributed by atoms with Crippen LogP contribution in [0.25, 0.3) is 11.3 Å². The first-order chi connectivity index (χ1) is 14.3. The predicted molar refractivity (Wildman–Crippen MR) is 109 cm³/mol. The number of piperidine rings is 1. The van der Waals surface area contributed by atoms with E-state index in [4.69, 9.17) is 9.26 Å². The number of hydrogen-bond donors (Lipinski definition) is 2. The summed E-state index contributed by atoms with van der Waals surface area (Å²) in [4.78, 5) is 26.2. The van der Waals surface area contributed by atoms with E-state index in [1.165, 1.54) is 6.92 Å². The van der Waals surface area contributed by atoms with Gasteiger partial charge < -0.3 is 24.6 Å². The van der Waals surface area contributed by atoms with E-state index in [2.05, 4.69) is 10.5 Å². The summed E-state index contributed by atoms with van der Waals surface area (Å²) in [5.74, 6) is -0.154. The van der Waals surface area contributed by atoms with Crippen molar-refractivity contribution >= 4 is 11.8 Å². The van der Waals surface area contributed by atoms with E-state index in [1.807, 2.05) is 30.3 Å². The Labute approximate surface area is 175 Å². The number of carbonyl (C=O) groups excluding carboxylic acids is 2. The van der Waals surface area contributed by atoms with Crippen molar-refractivity contribution in [3.63, 3.8) is 0 Å². The van der Waals surface area contributed by atoms with Gasteiger partial charge in [-0.3, -0.25) is 9.59 Å². The van der Waals surface area contributed by atoms with Gasteiger partial charge in [-0.1, -0.05) is 35.5 Å². The van der Waals surface area contributed by atoms with Crippen LogP contribution in [0.3, 0.4) is 0 Å². The van der Waals surface area contributed by atoms with E-state index in [1.54, 1.807) is 17.9 Å². The molecule has 2 aliphatic heterocycles. The predicted octanol–water partition coefficient (Wildman–Crippen LogP) is 1.99. The zero-order valence-electron chi connectivity index (χ0n) is 17.3. The average Bonchev–Trinajstić information content (AvgIpc) is 3.22. The summed E-state index contributed by atoms with van der Waals surface area (Å²) in [5, 5.41) is 17.4. The molecule has 2 saturated heterocycles. The molecular weight excluding hydrogens is 386 g/mol. The van der Waals surface area contributed by atoms with E-state index in [0.29, 0.717) is 38.0 Å². The summed E-state index contributed by atoms with van der Waals surface area (Å²) in [6.45, 7) is 4.28. The molecule has 30 heavy (non-hydrogen) atoms. The van der Waals surface area contributed by atoms with Crippen LogP contribution >= 0.6 is 0 Å². The van der Waals surface area contributed by atoms with Gasteiger partial charge in [0.2, 0.25) is 11.7 Å². The molecule has 2 atom stereocenters. The molecule has 1 aromatic carbocycles. The highest BCUT2D eigenvalue weighted by Gasteiger charge is 2.49. The fourth-order valence-electron chi connectivity index (χ4n) is 4.25. The number of amides is 2. The molecule has 2 fully saturated rings. The first kappa shape index (κ1) is 20.6. The lowest BCUT2D eigenvalue weighted by Gasteiger charge is -2.50. The minimum atomic E-state index is -1.11. The molecule has 0 aliphatic carbocycles. The second-order valence-electron chi connectivity index (χ2n) is 8.52. The zero-order chi connectivity index (χ0) is 21.4. The number of nitrogens with zero attached hydrogens (tertiary/aromatic N) is 2. The van der Waals surface area contributed by atoms with Crippen LogP contribution in [-0.2, 0) is 9.53 Å². The van der Waals surface area contributed by atoms with Crippen LogP contribution in [0, 0.1) is 0 Å². The lowest BCUT2D eigenvalue weighted by Crippen LogP contribution is -2.63. The second-order valence-corrected chi connectivity index (χ2v) is 8.52. The minimum Gasteiger partial charge on any atom is -0.386 e. The monoisotopic (exact) mass is 413 g/mol. The van der Waals surface area contributed by atoms with E-state index in [-0.39, 0.29) is 30.2 Å². The average molecular weight is 413 g/mol. The summed E-state index contributed by atoms with van der Waals surface area (Å²) >= 11 is 0. The molecule has 0 bridgehead atoms. The molecule has 160 valence electrons. The molecule has 0 radical (unpaired) electrons. The fraction of sp³-hybridized carbons (Fsp3) is 0.500. The quantitative estimate of drug-likeness (QED) is 0.797. The number of aliphatic hydroxyl groups is 1. The number of ether oxygens (including phenoxy) is 1. The molecule has 1 spiro atoms. The lowest BCUT2D eigenvalue weighted by molar-refractivity contribution is -0.191. The topological polar surface area (TPSA) is 105 Å². The molecule has 2 amide bonds. The number of aromatic nitrogens is 1. The molecule has 8 nitrogen and oxygen atoms in total. The van der Waals surface area contributed by atoms with Crippen LogP contribution in [0.15, 0.2) is 40.9 Å². The van der Waals surface area contributed by atoms with Gasteiger partial charge in [0.15, 0.2) is 0 Å². The van der Waals surface area contributed by atoms with Crippen molar-refractivity contribution in [1.29, 1.82) is 0 Å². The Hall–Kier alpha value is -2.71. The van der Waals surface area contributed by atoms with Crippen LogP contribution in [0.2, 0.25) is 0 Å². The fourth-order valence-corrected chi connectivity index (χ4v) is 4.25. The Kier molecular flexibility index (Phi) is 5.38. The number of hydrogen-bond acceptors (Lipinski definition) is 6. The van der Waals surface area contributed by atoms with Crippen LogP contribution < -0.4 is 5.32 Å². The van der Waals surface area contributed by atoms with Crippen molar-refractivity contribution in [3.05, 3.63) is 42.2 Å². The van der Waals surface area contributed by atoms with E-state index in [0.717, 1.165) is 5.56 Å². The van der Waals surface area contributed by atoms with Crippen molar-refractivity contribution in [2.24, 2.45) is 0 Å². The molecule has 4 rings (SSSR count). The first-order valence-corrected chi connectivity index (χ1v) is 10.2. The van der Waals surface area contributed by atoms with Crippen LogP contribution in [0.4, 0.5) is 0 Å². The third-order valence-electron chi connectivity index (χ3n) is 6.13. The Morgan fingerprint density at radius 3 is 2.60 bits per heavy atom. The summed E-state index contributed by atoms with van der Waals surface area (Å²) in [6.07, 6.45) is 1.78. The minimum absolute atomic E-state index is 0.147. The molecule has 1 aromatic heterocycles. The van der Waals surface area contributed by atoms with Crippen molar-refractivity contribution in [2.75, 3.05) is 19.7 Å². The number of rotatable bonds is 3. The van der Waals surface area contributed by atoms with E-state index >= 15 is 0 Å². The van der Waals surface area contributed by atoms with Gasteiger partial charge in [0.25, 0.3) is 5.91 Å². The third kappa shape index (κ3) is 4.11. The Balaban J connectivity index is 1.40. The Morgan fingerprint density at radius 2 is 1.93 bits per heavy atom. The van der Waals surface area contributed by atoms with Crippen LogP contribution in [0.5, 0.6) is 0 Å². The Bertz CT molecular complexity index is 916. The third-order valence-corrected chi connectivity index (χ3v) is 6.13. The molecule has 0 saturated carbocycles. The number of carbonyl (C=O) groups is 2. The number of likely N-dealkylation sites (tertiary alicyclic amines) is 1. The molecule has 0 unspecified atom stereocenters. The van der Waals surface area contributed by atoms with Gasteiger partial charge in [0, 0.05) is 31.6 Å². The SMILES string of the molecule is CC(=O)N[C@H]1CC2(CCN(C(=O)c3cc(-c4ccccc4)no3)CC2)OC[C@]1(C)O. The van der Waals surface area contributed by atoms with Crippen molar-refractivity contribution in [1.82, 2.24) is 15.4 Å². The lowest BCUT2D eigenvalue weighted by atomic mass is 9.77. The highest BCUT2D eigenvalue weighted by molar-refractivity contribution is 5.92. The summed E-state index contributed by atoms with van der Waals surface area (Å²) in [5.41, 5.74) is -0.0479. The maximum atomic E-state index is 12.9. The summed E-state index contributed by atoms with van der Waals surface area (Å²) in [6, 6.07) is 10.9. The highest BCUT2D eigenvalue weighted by Crippen LogP contribution is 2.38. The zero-order valence-corrected chi connectivity index (χ0v) is 17.3. The van der Waals surface area contributed by atoms with Crippen LogP contribution in [-0.4, -0.2) is 63.9 Å².